The number of amides is 1. The Kier molecular flexibility index (Phi) is 4.33. The van der Waals surface area contributed by atoms with Gasteiger partial charge in [-0.05, 0) is 18.1 Å². The van der Waals surface area contributed by atoms with Crippen molar-refractivity contribution in [2.24, 2.45) is 5.92 Å². The van der Waals surface area contributed by atoms with Crippen molar-refractivity contribution >= 4 is 11.7 Å². The lowest BCUT2D eigenvalue weighted by Gasteiger charge is -2.19. The summed E-state index contributed by atoms with van der Waals surface area (Å²) in [5, 5.41) is 2.88. The second-order valence-electron chi connectivity index (χ2n) is 6.02. The number of carbonyl (C=O) groups excluding carboxylic acids is 1. The molecule has 4 heteroatoms. The zero-order chi connectivity index (χ0) is 13.9. The van der Waals surface area contributed by atoms with Gasteiger partial charge in [-0.1, -0.05) is 34.6 Å². The summed E-state index contributed by atoms with van der Waals surface area (Å²) >= 11 is 0. The van der Waals surface area contributed by atoms with Crippen LogP contribution in [-0.2, 0) is 5.41 Å². The van der Waals surface area contributed by atoms with Gasteiger partial charge >= 0.3 is 0 Å². The van der Waals surface area contributed by atoms with Crippen LogP contribution in [0, 0.1) is 5.92 Å². The average molecular weight is 249 g/mol. The van der Waals surface area contributed by atoms with Gasteiger partial charge in [-0.2, -0.15) is 0 Å². The van der Waals surface area contributed by atoms with E-state index in [0.717, 1.165) is 5.69 Å². The number of nitrogens with two attached hydrogens (primary N) is 1. The topological polar surface area (TPSA) is 68.0 Å². The minimum absolute atomic E-state index is 0.0942. The number of rotatable bonds is 3. The Morgan fingerprint density at radius 2 is 2.00 bits per heavy atom. The number of nitrogens with zero attached hydrogens (tertiary/aromatic N) is 1. The highest BCUT2D eigenvalue weighted by Gasteiger charge is 2.18. The van der Waals surface area contributed by atoms with E-state index < -0.39 is 0 Å². The van der Waals surface area contributed by atoms with E-state index in [2.05, 4.69) is 24.1 Å². The summed E-state index contributed by atoms with van der Waals surface area (Å²) in [4.78, 5) is 16.3. The molecule has 1 rings (SSSR count). The van der Waals surface area contributed by atoms with E-state index in [0.29, 0.717) is 23.8 Å². The molecule has 0 aliphatic heterocycles. The number of pyridine rings is 1. The highest BCUT2D eigenvalue weighted by molar-refractivity contribution is 5.94. The van der Waals surface area contributed by atoms with Crippen molar-refractivity contribution in [2.45, 2.75) is 40.0 Å². The molecule has 0 saturated carbocycles. The molecular formula is C14H23N3O. The Bertz CT molecular complexity index is 433. The largest absolute Gasteiger partial charge is 0.384 e. The second kappa shape index (κ2) is 5.38. The number of hydrogen-bond donors (Lipinski definition) is 2. The van der Waals surface area contributed by atoms with Crippen LogP contribution in [0.25, 0.3) is 0 Å². The molecule has 0 atom stereocenters. The fraction of sp³-hybridized carbons (Fsp3) is 0.571. The smallest absolute Gasteiger partial charge is 0.251 e. The maximum atomic E-state index is 12.0. The molecule has 1 aromatic rings. The summed E-state index contributed by atoms with van der Waals surface area (Å²) in [5.41, 5.74) is 7.04. The first kappa shape index (κ1) is 14.5. The third-order valence-electron chi connectivity index (χ3n) is 2.55. The molecule has 0 aliphatic rings. The van der Waals surface area contributed by atoms with E-state index in [1.807, 2.05) is 26.8 Å². The standard InChI is InChI=1S/C14H23N3O/c1-9(2)8-16-13(18)10-6-11(14(3,4)5)17-12(15)7-10/h6-7,9H,8H2,1-5H3,(H2,15,17)(H,16,18). The van der Waals surface area contributed by atoms with Gasteiger partial charge in [0.2, 0.25) is 0 Å². The molecule has 1 heterocycles. The lowest BCUT2D eigenvalue weighted by atomic mass is 9.90. The maximum Gasteiger partial charge on any atom is 0.251 e. The Morgan fingerprint density at radius 1 is 1.39 bits per heavy atom. The van der Waals surface area contributed by atoms with Gasteiger partial charge in [-0.25, -0.2) is 4.98 Å². The van der Waals surface area contributed by atoms with Crippen molar-refractivity contribution in [3.63, 3.8) is 0 Å². The number of nitrogen functional groups attached to an aromatic ring is 1. The molecule has 0 saturated heterocycles. The van der Waals surface area contributed by atoms with E-state index in [1.54, 1.807) is 6.07 Å². The van der Waals surface area contributed by atoms with E-state index >= 15 is 0 Å². The molecule has 0 aromatic carbocycles. The van der Waals surface area contributed by atoms with E-state index in [9.17, 15) is 4.79 Å². The Labute approximate surface area is 109 Å². The maximum absolute atomic E-state index is 12.0. The second-order valence-corrected chi connectivity index (χ2v) is 6.02. The normalized spacial score (nSPS) is 11.7. The van der Waals surface area contributed by atoms with Gasteiger partial charge < -0.3 is 11.1 Å². The van der Waals surface area contributed by atoms with Gasteiger partial charge in [0, 0.05) is 23.2 Å². The number of hydrogen-bond acceptors (Lipinski definition) is 3. The summed E-state index contributed by atoms with van der Waals surface area (Å²) in [7, 11) is 0. The van der Waals surface area contributed by atoms with Gasteiger partial charge in [0.15, 0.2) is 0 Å². The van der Waals surface area contributed by atoms with Crippen LogP contribution in [0.1, 0.15) is 50.7 Å². The molecule has 1 amide bonds. The molecule has 100 valence electrons. The van der Waals surface area contributed by atoms with Gasteiger partial charge in [0.25, 0.3) is 5.91 Å². The van der Waals surface area contributed by atoms with E-state index in [1.165, 1.54) is 0 Å². The average Bonchev–Trinajstić information content (AvgIpc) is 2.23. The van der Waals surface area contributed by atoms with Gasteiger partial charge in [-0.3, -0.25) is 4.79 Å². The minimum atomic E-state index is -0.123. The Morgan fingerprint density at radius 3 is 2.50 bits per heavy atom. The molecule has 0 unspecified atom stereocenters. The van der Waals surface area contributed by atoms with Crippen LogP contribution in [0.3, 0.4) is 0 Å². The van der Waals surface area contributed by atoms with E-state index in [-0.39, 0.29) is 11.3 Å². The van der Waals surface area contributed by atoms with Crippen LogP contribution in [-0.4, -0.2) is 17.4 Å². The Balaban J connectivity index is 2.96. The predicted molar refractivity (Wildman–Crippen MR) is 74.5 cm³/mol. The van der Waals surface area contributed by atoms with Crippen molar-refractivity contribution in [3.8, 4) is 0 Å². The molecule has 1 aromatic heterocycles. The third-order valence-corrected chi connectivity index (χ3v) is 2.55. The number of nitrogens with one attached hydrogen (secondary N) is 1. The zero-order valence-electron chi connectivity index (χ0n) is 11.9. The molecular weight excluding hydrogens is 226 g/mol. The number of carbonyl (C=O) groups is 1. The first-order chi connectivity index (χ1) is 8.20. The predicted octanol–water partition coefficient (Wildman–Crippen LogP) is 2.35. The number of anilines is 1. The summed E-state index contributed by atoms with van der Waals surface area (Å²) in [6.45, 7) is 10.9. The van der Waals surface area contributed by atoms with Crippen molar-refractivity contribution in [1.82, 2.24) is 10.3 Å². The molecule has 0 aliphatic carbocycles. The highest BCUT2D eigenvalue weighted by atomic mass is 16.1. The fourth-order valence-corrected chi connectivity index (χ4v) is 1.47. The first-order valence-electron chi connectivity index (χ1n) is 6.26. The molecule has 4 nitrogen and oxygen atoms in total. The number of aromatic nitrogens is 1. The highest BCUT2D eigenvalue weighted by Crippen LogP contribution is 2.22. The minimum Gasteiger partial charge on any atom is -0.384 e. The molecule has 0 spiro atoms. The fourth-order valence-electron chi connectivity index (χ4n) is 1.47. The van der Waals surface area contributed by atoms with Crippen LogP contribution in [0.5, 0.6) is 0 Å². The van der Waals surface area contributed by atoms with Crippen LogP contribution in [0.2, 0.25) is 0 Å². The third kappa shape index (κ3) is 4.02. The lowest BCUT2D eigenvalue weighted by Crippen LogP contribution is -2.28. The first-order valence-corrected chi connectivity index (χ1v) is 6.26. The quantitative estimate of drug-likeness (QED) is 0.864. The lowest BCUT2D eigenvalue weighted by molar-refractivity contribution is 0.0949. The van der Waals surface area contributed by atoms with Crippen molar-refractivity contribution in [1.29, 1.82) is 0 Å². The SMILES string of the molecule is CC(C)CNC(=O)c1cc(N)nc(C(C)(C)C)c1. The summed E-state index contributed by atoms with van der Waals surface area (Å²) in [6.07, 6.45) is 0. The van der Waals surface area contributed by atoms with Crippen LogP contribution >= 0.6 is 0 Å². The van der Waals surface area contributed by atoms with Gasteiger partial charge in [0.1, 0.15) is 5.82 Å². The van der Waals surface area contributed by atoms with Crippen molar-refractivity contribution in [2.75, 3.05) is 12.3 Å². The van der Waals surface area contributed by atoms with Gasteiger partial charge in [0.05, 0.1) is 0 Å². The van der Waals surface area contributed by atoms with Crippen molar-refractivity contribution < 1.29 is 4.79 Å². The van der Waals surface area contributed by atoms with Crippen LogP contribution in [0.4, 0.5) is 5.82 Å². The molecule has 0 radical (unpaired) electrons. The van der Waals surface area contributed by atoms with Crippen LogP contribution < -0.4 is 11.1 Å². The molecule has 18 heavy (non-hydrogen) atoms. The summed E-state index contributed by atoms with van der Waals surface area (Å²) in [5.74, 6) is 0.718. The molecule has 3 N–H and O–H groups in total. The van der Waals surface area contributed by atoms with Crippen LogP contribution in [0.15, 0.2) is 12.1 Å². The Hall–Kier alpha value is -1.58. The van der Waals surface area contributed by atoms with E-state index in [4.69, 9.17) is 5.73 Å². The zero-order valence-corrected chi connectivity index (χ0v) is 11.9. The molecule has 0 fully saturated rings. The molecule has 0 bridgehead atoms. The summed E-state index contributed by atoms with van der Waals surface area (Å²) < 4.78 is 0. The van der Waals surface area contributed by atoms with Crippen molar-refractivity contribution in [3.05, 3.63) is 23.4 Å². The monoisotopic (exact) mass is 249 g/mol. The summed E-state index contributed by atoms with van der Waals surface area (Å²) in [6, 6.07) is 3.43. The van der Waals surface area contributed by atoms with Gasteiger partial charge in [-0.15, -0.1) is 0 Å².